The molecular formula is C31H33ClN6O2. The molecule has 2 N–H and O–H groups in total. The number of amides is 2. The molecular weight excluding hydrogens is 524 g/mol. The highest BCUT2D eigenvalue weighted by atomic mass is 35.5. The summed E-state index contributed by atoms with van der Waals surface area (Å²) in [6.07, 6.45) is 6.72. The van der Waals surface area contributed by atoms with Gasteiger partial charge in [0.2, 0.25) is 0 Å². The van der Waals surface area contributed by atoms with E-state index >= 15 is 0 Å². The van der Waals surface area contributed by atoms with Crippen LogP contribution in [0, 0.1) is 19.8 Å². The second-order valence-corrected chi connectivity index (χ2v) is 10.5. The highest BCUT2D eigenvalue weighted by molar-refractivity contribution is 6.34. The van der Waals surface area contributed by atoms with Crippen molar-refractivity contribution in [2.45, 2.75) is 33.1 Å². The minimum absolute atomic E-state index is 0.257. The number of nitrogens with one attached hydrogen (secondary N) is 2. The lowest BCUT2D eigenvalue weighted by Crippen LogP contribution is -2.35. The van der Waals surface area contributed by atoms with Crippen molar-refractivity contribution >= 4 is 34.9 Å². The second-order valence-electron chi connectivity index (χ2n) is 10.1. The first-order valence-electron chi connectivity index (χ1n) is 13.6. The van der Waals surface area contributed by atoms with Crippen LogP contribution >= 0.6 is 11.6 Å². The molecule has 9 heteroatoms. The number of benzene rings is 2. The smallest absolute Gasteiger partial charge is 0.272 e. The van der Waals surface area contributed by atoms with Crippen LogP contribution in [0.4, 0.5) is 11.5 Å². The molecule has 0 spiro atoms. The number of rotatable bonds is 8. The number of hydrogen-bond donors (Lipinski definition) is 2. The van der Waals surface area contributed by atoms with Crippen molar-refractivity contribution in [1.29, 1.82) is 0 Å². The Morgan fingerprint density at radius 3 is 2.38 bits per heavy atom. The zero-order valence-electron chi connectivity index (χ0n) is 22.7. The van der Waals surface area contributed by atoms with Gasteiger partial charge in [-0.2, -0.15) is 5.10 Å². The van der Waals surface area contributed by atoms with Gasteiger partial charge in [0.1, 0.15) is 5.82 Å². The Morgan fingerprint density at radius 2 is 1.65 bits per heavy atom. The fourth-order valence-electron chi connectivity index (χ4n) is 5.16. The first-order valence-corrected chi connectivity index (χ1v) is 13.9. The number of hydrogen-bond acceptors (Lipinski definition) is 5. The van der Waals surface area contributed by atoms with E-state index in [1.807, 2.05) is 55.7 Å². The van der Waals surface area contributed by atoms with Gasteiger partial charge in [-0.1, -0.05) is 41.9 Å². The number of para-hydroxylation sites is 1. The number of halogens is 1. The van der Waals surface area contributed by atoms with Crippen molar-refractivity contribution < 1.29 is 9.59 Å². The molecule has 206 valence electrons. The molecule has 3 heterocycles. The summed E-state index contributed by atoms with van der Waals surface area (Å²) in [6, 6.07) is 18.7. The van der Waals surface area contributed by atoms with E-state index < -0.39 is 0 Å². The van der Waals surface area contributed by atoms with Crippen LogP contribution in [-0.2, 0) is 0 Å². The van der Waals surface area contributed by atoms with E-state index in [-0.39, 0.29) is 17.5 Å². The van der Waals surface area contributed by atoms with E-state index in [2.05, 4.69) is 25.6 Å². The molecule has 1 fully saturated rings. The van der Waals surface area contributed by atoms with Crippen LogP contribution < -0.4 is 15.5 Å². The highest BCUT2D eigenvalue weighted by Crippen LogP contribution is 2.27. The van der Waals surface area contributed by atoms with Gasteiger partial charge >= 0.3 is 0 Å². The van der Waals surface area contributed by atoms with E-state index in [9.17, 15) is 9.59 Å². The molecule has 1 aliphatic heterocycles. The van der Waals surface area contributed by atoms with E-state index in [0.717, 1.165) is 43.6 Å². The number of aromatic nitrogens is 3. The standard InChI is InChI=1S/C31H33ClN6O2/c1-21-7-3-6-10-27(21)38-29(35-30(39)25-8-4-5-9-26(25)32)22(2)28(36-38)31(40)34-18-11-23-14-19-37(20-15-23)24-12-16-33-17-13-24/h3-10,12-13,16-17,23H,11,14-15,18-20H2,1-2H3,(H,34,40)(H,35,39). The maximum Gasteiger partial charge on any atom is 0.272 e. The summed E-state index contributed by atoms with van der Waals surface area (Å²) in [4.78, 5) is 32.9. The van der Waals surface area contributed by atoms with Gasteiger partial charge in [0, 0.05) is 43.3 Å². The van der Waals surface area contributed by atoms with E-state index in [4.69, 9.17) is 11.6 Å². The van der Waals surface area contributed by atoms with Crippen molar-refractivity contribution in [3.63, 3.8) is 0 Å². The molecule has 1 aliphatic rings. The van der Waals surface area contributed by atoms with Crippen molar-refractivity contribution in [3.05, 3.63) is 100 Å². The van der Waals surface area contributed by atoms with Crippen LogP contribution in [0.15, 0.2) is 73.1 Å². The second kappa shape index (κ2) is 12.3. The quantitative estimate of drug-likeness (QED) is 0.285. The average molecular weight is 557 g/mol. The topological polar surface area (TPSA) is 92.2 Å². The molecule has 0 atom stereocenters. The van der Waals surface area contributed by atoms with Gasteiger partial charge in [-0.3, -0.25) is 14.6 Å². The van der Waals surface area contributed by atoms with Crippen molar-refractivity contribution in [2.24, 2.45) is 5.92 Å². The number of carbonyl (C=O) groups excluding carboxylic acids is 2. The largest absolute Gasteiger partial charge is 0.371 e. The molecule has 2 aromatic carbocycles. The Bertz CT molecular complexity index is 1490. The number of anilines is 2. The van der Waals surface area contributed by atoms with E-state index in [1.54, 1.807) is 35.9 Å². The molecule has 2 amide bonds. The number of aryl methyl sites for hydroxylation is 1. The summed E-state index contributed by atoms with van der Waals surface area (Å²) in [7, 11) is 0. The molecule has 40 heavy (non-hydrogen) atoms. The van der Waals surface area contributed by atoms with Gasteiger partial charge in [0.25, 0.3) is 11.8 Å². The minimum Gasteiger partial charge on any atom is -0.371 e. The predicted molar refractivity (Wildman–Crippen MR) is 159 cm³/mol. The first-order chi connectivity index (χ1) is 19.4. The Labute approximate surface area is 239 Å². The van der Waals surface area contributed by atoms with Gasteiger partial charge < -0.3 is 15.5 Å². The highest BCUT2D eigenvalue weighted by Gasteiger charge is 2.25. The fourth-order valence-corrected chi connectivity index (χ4v) is 5.38. The van der Waals surface area contributed by atoms with Crippen molar-refractivity contribution in [3.8, 4) is 5.69 Å². The zero-order chi connectivity index (χ0) is 28.1. The Kier molecular flexibility index (Phi) is 8.45. The summed E-state index contributed by atoms with van der Waals surface area (Å²) in [5.41, 5.74) is 4.17. The zero-order valence-corrected chi connectivity index (χ0v) is 23.5. The molecule has 1 saturated heterocycles. The number of pyridine rings is 1. The molecule has 0 bridgehead atoms. The Morgan fingerprint density at radius 1 is 0.950 bits per heavy atom. The maximum atomic E-state index is 13.3. The lowest BCUT2D eigenvalue weighted by atomic mass is 9.93. The van der Waals surface area contributed by atoms with Gasteiger partial charge in [0.05, 0.1) is 16.3 Å². The van der Waals surface area contributed by atoms with E-state index in [1.165, 1.54) is 5.69 Å². The van der Waals surface area contributed by atoms with Crippen LogP contribution in [-0.4, -0.2) is 46.2 Å². The van der Waals surface area contributed by atoms with Crippen LogP contribution in [0.2, 0.25) is 5.02 Å². The predicted octanol–water partition coefficient (Wildman–Crippen LogP) is 5.83. The normalized spacial score (nSPS) is 13.7. The molecule has 5 rings (SSSR count). The monoisotopic (exact) mass is 556 g/mol. The molecule has 0 radical (unpaired) electrons. The van der Waals surface area contributed by atoms with Crippen molar-refractivity contribution in [1.82, 2.24) is 20.1 Å². The molecule has 4 aromatic rings. The summed E-state index contributed by atoms with van der Waals surface area (Å²) in [5, 5.41) is 11.0. The number of carbonyl (C=O) groups is 2. The third kappa shape index (κ3) is 6.02. The Hall–Kier alpha value is -4.17. The van der Waals surface area contributed by atoms with Gasteiger partial charge in [-0.15, -0.1) is 0 Å². The van der Waals surface area contributed by atoms with Gasteiger partial charge in [-0.05, 0) is 74.9 Å². The molecule has 0 aliphatic carbocycles. The molecule has 0 unspecified atom stereocenters. The molecule has 2 aromatic heterocycles. The van der Waals surface area contributed by atoms with Crippen LogP contribution in [0.3, 0.4) is 0 Å². The summed E-state index contributed by atoms with van der Waals surface area (Å²) >= 11 is 6.27. The summed E-state index contributed by atoms with van der Waals surface area (Å²) in [6.45, 7) is 6.32. The van der Waals surface area contributed by atoms with Crippen LogP contribution in [0.1, 0.15) is 51.2 Å². The average Bonchev–Trinajstić information content (AvgIpc) is 3.29. The number of piperidine rings is 1. The third-order valence-electron chi connectivity index (χ3n) is 7.51. The van der Waals surface area contributed by atoms with Gasteiger partial charge in [-0.25, -0.2) is 4.68 Å². The van der Waals surface area contributed by atoms with Gasteiger partial charge in [0.15, 0.2) is 5.69 Å². The van der Waals surface area contributed by atoms with Crippen LogP contribution in [0.5, 0.6) is 0 Å². The summed E-state index contributed by atoms with van der Waals surface area (Å²) < 4.78 is 1.63. The first kappa shape index (κ1) is 27.4. The maximum absolute atomic E-state index is 13.3. The molecule has 8 nitrogen and oxygen atoms in total. The SMILES string of the molecule is Cc1ccccc1-n1nc(C(=O)NCCC2CCN(c3ccncc3)CC2)c(C)c1NC(=O)c1ccccc1Cl. The third-order valence-corrected chi connectivity index (χ3v) is 7.84. The summed E-state index contributed by atoms with van der Waals surface area (Å²) in [5.74, 6) is 0.364. The fraction of sp³-hybridized carbons (Fsp3) is 0.290. The van der Waals surface area contributed by atoms with E-state index in [0.29, 0.717) is 34.4 Å². The number of nitrogens with zero attached hydrogens (tertiary/aromatic N) is 4. The van der Waals surface area contributed by atoms with Crippen molar-refractivity contribution in [2.75, 3.05) is 29.9 Å². The lowest BCUT2D eigenvalue weighted by molar-refractivity contribution is 0.0943. The minimum atomic E-state index is -0.367. The Balaban J connectivity index is 1.28. The lowest BCUT2D eigenvalue weighted by Gasteiger charge is -2.33. The van der Waals surface area contributed by atoms with Crippen LogP contribution in [0.25, 0.3) is 5.69 Å². The molecule has 0 saturated carbocycles.